The summed E-state index contributed by atoms with van der Waals surface area (Å²) in [4.78, 5) is 10.7. The van der Waals surface area contributed by atoms with Crippen LogP contribution in [0.5, 0.6) is 0 Å². The second-order valence-corrected chi connectivity index (χ2v) is 3.18. The molecule has 0 radical (unpaired) electrons. The molecule has 0 bridgehead atoms. The highest BCUT2D eigenvalue weighted by atomic mass is 16.5. The van der Waals surface area contributed by atoms with E-state index >= 15 is 0 Å². The molecule has 1 N–H and O–H groups in total. The summed E-state index contributed by atoms with van der Waals surface area (Å²) in [6, 6.07) is 9.42. The Bertz CT molecular complexity index is 364. The Morgan fingerprint density at radius 2 is 2.13 bits per heavy atom. The van der Waals surface area contributed by atoms with Gasteiger partial charge in [0.05, 0.1) is 13.2 Å². The van der Waals surface area contributed by atoms with E-state index in [1.807, 2.05) is 30.3 Å². The normalized spacial score (nSPS) is 19.2. The van der Waals surface area contributed by atoms with E-state index in [4.69, 9.17) is 4.74 Å². The van der Waals surface area contributed by atoms with Crippen molar-refractivity contribution in [2.75, 3.05) is 6.61 Å². The van der Waals surface area contributed by atoms with Crippen LogP contribution in [0.4, 0.5) is 4.79 Å². The van der Waals surface area contributed by atoms with Crippen LogP contribution in [0.3, 0.4) is 0 Å². The molecule has 2 amide bonds. The number of hydrogen-bond donors (Lipinski definition) is 1. The van der Waals surface area contributed by atoms with Crippen LogP contribution in [-0.4, -0.2) is 18.8 Å². The molecule has 1 aliphatic heterocycles. The molecule has 0 saturated heterocycles. The number of carbonyl (C=O) groups is 1. The number of azo groups is 1. The number of urea groups is 1. The summed E-state index contributed by atoms with van der Waals surface area (Å²) in [7, 11) is 0. The summed E-state index contributed by atoms with van der Waals surface area (Å²) in [6.45, 7) is 0.868. The smallest absolute Gasteiger partial charge is 0.361 e. The van der Waals surface area contributed by atoms with Gasteiger partial charge in [0.1, 0.15) is 0 Å². The lowest BCUT2D eigenvalue weighted by Crippen LogP contribution is -2.29. The molecule has 1 atom stereocenters. The van der Waals surface area contributed by atoms with Gasteiger partial charge in [-0.2, -0.15) is 5.11 Å². The lowest BCUT2D eigenvalue weighted by atomic mass is 10.2. The third-order valence-corrected chi connectivity index (χ3v) is 1.97. The minimum absolute atomic E-state index is 0.332. The van der Waals surface area contributed by atoms with Gasteiger partial charge in [-0.05, 0) is 5.56 Å². The predicted octanol–water partition coefficient (Wildman–Crippen LogP) is 1.70. The van der Waals surface area contributed by atoms with Crippen molar-refractivity contribution in [2.45, 2.75) is 12.8 Å². The van der Waals surface area contributed by atoms with Crippen molar-refractivity contribution in [2.24, 2.45) is 10.2 Å². The first-order valence-electron chi connectivity index (χ1n) is 4.67. The van der Waals surface area contributed by atoms with Gasteiger partial charge in [0.25, 0.3) is 0 Å². The van der Waals surface area contributed by atoms with E-state index in [2.05, 4.69) is 15.5 Å². The Kier molecular flexibility index (Phi) is 3.04. The van der Waals surface area contributed by atoms with Crippen LogP contribution >= 0.6 is 0 Å². The van der Waals surface area contributed by atoms with E-state index in [1.54, 1.807) is 0 Å². The van der Waals surface area contributed by atoms with Crippen molar-refractivity contribution in [3.05, 3.63) is 35.9 Å². The molecule has 1 aliphatic rings. The molecule has 1 aromatic carbocycles. The average molecular weight is 205 g/mol. The molecule has 1 heterocycles. The summed E-state index contributed by atoms with van der Waals surface area (Å²) >= 11 is 0. The van der Waals surface area contributed by atoms with Crippen LogP contribution < -0.4 is 5.32 Å². The highest BCUT2D eigenvalue weighted by Gasteiger charge is 2.16. The highest BCUT2D eigenvalue weighted by Crippen LogP contribution is 2.03. The predicted molar refractivity (Wildman–Crippen MR) is 53.3 cm³/mol. The van der Waals surface area contributed by atoms with Crippen LogP contribution in [0.15, 0.2) is 40.6 Å². The minimum Gasteiger partial charge on any atom is -0.373 e. The van der Waals surface area contributed by atoms with Crippen LogP contribution in [0, 0.1) is 0 Å². The molecule has 0 spiro atoms. The first kappa shape index (κ1) is 9.79. The maximum absolute atomic E-state index is 10.7. The SMILES string of the molecule is O=C1N=NC(COCc2ccccc2)N1. The zero-order valence-corrected chi connectivity index (χ0v) is 8.09. The number of rotatable bonds is 4. The van der Waals surface area contributed by atoms with Gasteiger partial charge in [0.2, 0.25) is 0 Å². The van der Waals surface area contributed by atoms with Crippen LogP contribution in [0.1, 0.15) is 5.56 Å². The zero-order valence-electron chi connectivity index (χ0n) is 8.09. The van der Waals surface area contributed by atoms with Crippen LogP contribution in [0.2, 0.25) is 0 Å². The topological polar surface area (TPSA) is 63.0 Å². The van der Waals surface area contributed by atoms with Crippen molar-refractivity contribution in [3.8, 4) is 0 Å². The third-order valence-electron chi connectivity index (χ3n) is 1.97. The van der Waals surface area contributed by atoms with Gasteiger partial charge in [-0.1, -0.05) is 35.4 Å². The summed E-state index contributed by atoms with van der Waals surface area (Å²) < 4.78 is 5.38. The number of amides is 2. The second-order valence-electron chi connectivity index (χ2n) is 3.18. The van der Waals surface area contributed by atoms with E-state index < -0.39 is 6.03 Å². The van der Waals surface area contributed by atoms with Gasteiger partial charge in [-0.15, -0.1) is 0 Å². The molecule has 1 aromatic rings. The fourth-order valence-electron chi connectivity index (χ4n) is 1.26. The van der Waals surface area contributed by atoms with Gasteiger partial charge < -0.3 is 10.1 Å². The number of ether oxygens (including phenoxy) is 1. The van der Waals surface area contributed by atoms with E-state index in [0.29, 0.717) is 13.2 Å². The molecule has 0 aromatic heterocycles. The van der Waals surface area contributed by atoms with Gasteiger partial charge >= 0.3 is 6.03 Å². The molecule has 2 rings (SSSR count). The summed E-state index contributed by atoms with van der Waals surface area (Å²) in [5.41, 5.74) is 1.10. The highest BCUT2D eigenvalue weighted by molar-refractivity contribution is 5.75. The zero-order chi connectivity index (χ0) is 10.5. The van der Waals surface area contributed by atoms with Gasteiger partial charge in [-0.3, -0.25) is 0 Å². The Hall–Kier alpha value is -1.75. The fraction of sp³-hybridized carbons (Fsp3) is 0.300. The lowest BCUT2D eigenvalue weighted by molar-refractivity contribution is 0.105. The quantitative estimate of drug-likeness (QED) is 0.813. The third kappa shape index (κ3) is 2.85. The number of nitrogens with zero attached hydrogens (tertiary/aromatic N) is 2. The van der Waals surface area contributed by atoms with Gasteiger partial charge in [-0.25, -0.2) is 4.79 Å². The first-order chi connectivity index (χ1) is 7.34. The van der Waals surface area contributed by atoms with E-state index in [9.17, 15) is 4.79 Å². The largest absolute Gasteiger partial charge is 0.373 e. The Morgan fingerprint density at radius 3 is 2.80 bits per heavy atom. The summed E-state index contributed by atoms with van der Waals surface area (Å²) in [5.74, 6) is 0. The molecule has 0 aliphatic carbocycles. The Labute approximate surface area is 87.2 Å². The minimum atomic E-state index is -0.400. The molecule has 5 nitrogen and oxygen atoms in total. The van der Waals surface area contributed by atoms with Crippen molar-refractivity contribution in [3.63, 3.8) is 0 Å². The summed E-state index contributed by atoms with van der Waals surface area (Å²) in [6.07, 6.45) is -0.332. The van der Waals surface area contributed by atoms with Crippen molar-refractivity contribution in [1.29, 1.82) is 0 Å². The van der Waals surface area contributed by atoms with E-state index in [0.717, 1.165) is 5.56 Å². The standard InChI is InChI=1S/C10H11N3O2/c14-10-11-9(12-13-10)7-15-6-8-4-2-1-3-5-8/h1-5,9H,6-7H2,(H,11,14). The number of carbonyl (C=O) groups excluding carboxylic acids is 1. The fourth-order valence-corrected chi connectivity index (χ4v) is 1.26. The second kappa shape index (κ2) is 4.65. The maximum Gasteiger partial charge on any atom is 0.361 e. The average Bonchev–Trinajstić information content (AvgIpc) is 2.66. The van der Waals surface area contributed by atoms with Crippen LogP contribution in [-0.2, 0) is 11.3 Å². The lowest BCUT2D eigenvalue weighted by Gasteiger charge is -2.07. The molecule has 0 saturated carbocycles. The molecular weight excluding hydrogens is 194 g/mol. The number of benzene rings is 1. The van der Waals surface area contributed by atoms with Gasteiger partial charge in [0, 0.05) is 0 Å². The Balaban J connectivity index is 1.72. The molecule has 1 unspecified atom stereocenters. The summed E-state index contributed by atoms with van der Waals surface area (Å²) in [5, 5.41) is 9.57. The van der Waals surface area contributed by atoms with Crippen LogP contribution in [0.25, 0.3) is 0 Å². The van der Waals surface area contributed by atoms with Crippen molar-refractivity contribution < 1.29 is 9.53 Å². The number of nitrogens with one attached hydrogen (secondary N) is 1. The maximum atomic E-state index is 10.7. The molecule has 0 fully saturated rings. The monoisotopic (exact) mass is 205 g/mol. The number of hydrogen-bond acceptors (Lipinski definition) is 3. The molecule has 5 heteroatoms. The Morgan fingerprint density at radius 1 is 1.33 bits per heavy atom. The van der Waals surface area contributed by atoms with Crippen molar-refractivity contribution in [1.82, 2.24) is 5.32 Å². The van der Waals surface area contributed by atoms with E-state index in [-0.39, 0.29) is 6.17 Å². The molecule has 78 valence electrons. The van der Waals surface area contributed by atoms with Crippen molar-refractivity contribution >= 4 is 6.03 Å². The van der Waals surface area contributed by atoms with Gasteiger partial charge in [0.15, 0.2) is 6.17 Å². The molecule has 15 heavy (non-hydrogen) atoms. The first-order valence-corrected chi connectivity index (χ1v) is 4.67. The molecular formula is C10H11N3O2. The van der Waals surface area contributed by atoms with E-state index in [1.165, 1.54) is 0 Å².